The van der Waals surface area contributed by atoms with E-state index in [1.54, 1.807) is 0 Å². The van der Waals surface area contributed by atoms with Crippen molar-refractivity contribution in [2.75, 3.05) is 0 Å². The Morgan fingerprint density at radius 2 is 1.32 bits per heavy atom. The second-order valence-corrected chi connectivity index (χ2v) is 5.62. The third-order valence-electron chi connectivity index (χ3n) is 3.59. The summed E-state index contributed by atoms with van der Waals surface area (Å²) in [5.74, 6) is -0.0698. The first-order valence-electron chi connectivity index (χ1n) is 8.40. The van der Waals surface area contributed by atoms with E-state index in [0.717, 1.165) is 6.42 Å². The highest BCUT2D eigenvalue weighted by molar-refractivity contribution is 5.69. The van der Waals surface area contributed by atoms with Crippen molar-refractivity contribution in [2.45, 2.75) is 104 Å². The Morgan fingerprint density at radius 1 is 0.842 bits per heavy atom. The summed E-state index contributed by atoms with van der Waals surface area (Å²) in [6.45, 7) is 6.11. The molecular formula is C17H34O2. The van der Waals surface area contributed by atoms with E-state index >= 15 is 0 Å². The molecule has 0 radical (unpaired) electrons. The van der Waals surface area contributed by atoms with Crippen molar-refractivity contribution in [3.8, 4) is 0 Å². The van der Waals surface area contributed by atoms with Crippen molar-refractivity contribution in [1.82, 2.24) is 0 Å². The number of hydrogen-bond donors (Lipinski definition) is 0. The topological polar surface area (TPSA) is 26.3 Å². The maximum Gasteiger partial charge on any atom is 0.305 e. The Bertz CT molecular complexity index is 201. The van der Waals surface area contributed by atoms with E-state index in [9.17, 15) is 4.79 Å². The van der Waals surface area contributed by atoms with E-state index in [4.69, 9.17) is 4.74 Å². The third kappa shape index (κ3) is 13.7. The lowest BCUT2D eigenvalue weighted by Crippen LogP contribution is -2.13. The lowest BCUT2D eigenvalue weighted by atomic mass is 10.0. The van der Waals surface area contributed by atoms with Gasteiger partial charge in [-0.25, -0.2) is 0 Å². The van der Waals surface area contributed by atoms with E-state index in [0.29, 0.717) is 6.42 Å². The smallest absolute Gasteiger partial charge is 0.305 e. The Morgan fingerprint density at radius 3 is 1.79 bits per heavy atom. The first kappa shape index (κ1) is 18.5. The molecule has 0 heterocycles. The Labute approximate surface area is 120 Å². The van der Waals surface area contributed by atoms with Crippen LogP contribution in [0.2, 0.25) is 0 Å². The van der Waals surface area contributed by atoms with Crippen LogP contribution in [0.5, 0.6) is 0 Å². The second-order valence-electron chi connectivity index (χ2n) is 5.62. The van der Waals surface area contributed by atoms with Crippen molar-refractivity contribution in [3.63, 3.8) is 0 Å². The molecule has 0 aromatic heterocycles. The van der Waals surface area contributed by atoms with Crippen LogP contribution in [0.25, 0.3) is 0 Å². The van der Waals surface area contributed by atoms with E-state index < -0.39 is 0 Å². The summed E-state index contributed by atoms with van der Waals surface area (Å²) in [4.78, 5) is 11.1. The fourth-order valence-electron chi connectivity index (χ4n) is 2.29. The number of ether oxygens (including phenoxy) is 1. The maximum atomic E-state index is 11.1. The van der Waals surface area contributed by atoms with Crippen LogP contribution in [0.3, 0.4) is 0 Å². The average molecular weight is 270 g/mol. The van der Waals surface area contributed by atoms with Crippen molar-refractivity contribution >= 4 is 5.97 Å². The quantitative estimate of drug-likeness (QED) is 0.320. The van der Waals surface area contributed by atoms with E-state index in [2.05, 4.69) is 6.92 Å². The highest BCUT2D eigenvalue weighted by atomic mass is 16.5. The molecule has 114 valence electrons. The van der Waals surface area contributed by atoms with Crippen molar-refractivity contribution < 1.29 is 9.53 Å². The zero-order valence-electron chi connectivity index (χ0n) is 13.4. The fourth-order valence-corrected chi connectivity index (χ4v) is 2.29. The van der Waals surface area contributed by atoms with Gasteiger partial charge in [-0.05, 0) is 19.8 Å². The van der Waals surface area contributed by atoms with Gasteiger partial charge < -0.3 is 4.74 Å². The minimum atomic E-state index is -0.0698. The van der Waals surface area contributed by atoms with Gasteiger partial charge in [0.25, 0.3) is 0 Å². The summed E-state index contributed by atoms with van der Waals surface area (Å²) in [6.07, 6.45) is 15.1. The van der Waals surface area contributed by atoms with E-state index in [1.807, 2.05) is 13.8 Å². The van der Waals surface area contributed by atoms with Gasteiger partial charge in [-0.15, -0.1) is 0 Å². The van der Waals surface area contributed by atoms with Gasteiger partial charge in [-0.1, -0.05) is 71.6 Å². The number of rotatable bonds is 13. The molecule has 0 saturated carbocycles. The normalized spacial score (nSPS) is 12.4. The molecule has 2 nitrogen and oxygen atoms in total. The largest absolute Gasteiger partial charge is 0.463 e. The Balaban J connectivity index is 3.16. The van der Waals surface area contributed by atoms with Crippen LogP contribution in [-0.4, -0.2) is 12.1 Å². The van der Waals surface area contributed by atoms with E-state index in [-0.39, 0.29) is 12.1 Å². The van der Waals surface area contributed by atoms with Crippen LogP contribution in [0, 0.1) is 0 Å². The molecular weight excluding hydrogens is 236 g/mol. The molecule has 0 aliphatic rings. The standard InChI is InChI=1S/C17H34O2/c1-4-6-7-8-9-10-11-12-13-14-15-16(3)19-17(18)5-2/h16H,4-15H2,1-3H3. The molecule has 0 N–H and O–H groups in total. The van der Waals surface area contributed by atoms with Gasteiger partial charge in [0, 0.05) is 6.42 Å². The predicted octanol–water partition coefficient (Wildman–Crippen LogP) is 5.64. The molecule has 1 atom stereocenters. The zero-order chi connectivity index (χ0) is 14.3. The molecule has 0 aromatic carbocycles. The summed E-state index contributed by atoms with van der Waals surface area (Å²) in [6, 6.07) is 0. The minimum Gasteiger partial charge on any atom is -0.463 e. The average Bonchev–Trinajstić information content (AvgIpc) is 2.40. The van der Waals surface area contributed by atoms with Gasteiger partial charge in [-0.2, -0.15) is 0 Å². The fraction of sp³-hybridized carbons (Fsp3) is 0.941. The molecule has 2 heteroatoms. The molecule has 0 amide bonds. The molecule has 0 rings (SSSR count). The Hall–Kier alpha value is -0.530. The van der Waals surface area contributed by atoms with Crippen LogP contribution < -0.4 is 0 Å². The van der Waals surface area contributed by atoms with Crippen LogP contribution >= 0.6 is 0 Å². The first-order valence-corrected chi connectivity index (χ1v) is 8.40. The van der Waals surface area contributed by atoms with Crippen molar-refractivity contribution in [1.29, 1.82) is 0 Å². The van der Waals surface area contributed by atoms with Crippen LogP contribution in [0.4, 0.5) is 0 Å². The van der Waals surface area contributed by atoms with Gasteiger partial charge in [0.15, 0.2) is 0 Å². The van der Waals surface area contributed by atoms with Crippen LogP contribution in [0.1, 0.15) is 97.8 Å². The molecule has 0 aliphatic heterocycles. The predicted molar refractivity (Wildman–Crippen MR) is 82.3 cm³/mol. The minimum absolute atomic E-state index is 0.0698. The molecule has 0 spiro atoms. The summed E-state index contributed by atoms with van der Waals surface area (Å²) >= 11 is 0. The maximum absolute atomic E-state index is 11.1. The molecule has 0 aliphatic carbocycles. The van der Waals surface area contributed by atoms with Crippen molar-refractivity contribution in [3.05, 3.63) is 0 Å². The highest BCUT2D eigenvalue weighted by Crippen LogP contribution is 2.12. The lowest BCUT2D eigenvalue weighted by Gasteiger charge is -2.12. The second kappa shape index (κ2) is 13.9. The van der Waals surface area contributed by atoms with Crippen LogP contribution in [-0.2, 0) is 9.53 Å². The van der Waals surface area contributed by atoms with Gasteiger partial charge in [-0.3, -0.25) is 4.79 Å². The van der Waals surface area contributed by atoms with Crippen molar-refractivity contribution in [2.24, 2.45) is 0 Å². The monoisotopic (exact) mass is 270 g/mol. The Kier molecular flexibility index (Phi) is 13.5. The number of carbonyl (C=O) groups excluding carboxylic acids is 1. The molecule has 19 heavy (non-hydrogen) atoms. The zero-order valence-corrected chi connectivity index (χ0v) is 13.4. The summed E-state index contributed by atoms with van der Waals surface area (Å²) in [7, 11) is 0. The number of carbonyl (C=O) groups is 1. The molecule has 0 fully saturated rings. The van der Waals surface area contributed by atoms with Crippen LogP contribution in [0.15, 0.2) is 0 Å². The molecule has 0 aromatic rings. The SMILES string of the molecule is CCCCCCCCCCCCC(C)OC(=O)CC. The van der Waals surface area contributed by atoms with Gasteiger partial charge in [0.2, 0.25) is 0 Å². The lowest BCUT2D eigenvalue weighted by molar-refractivity contribution is -0.148. The summed E-state index contributed by atoms with van der Waals surface area (Å²) < 4.78 is 5.24. The summed E-state index contributed by atoms with van der Waals surface area (Å²) in [5.41, 5.74) is 0. The van der Waals surface area contributed by atoms with Gasteiger partial charge >= 0.3 is 5.97 Å². The van der Waals surface area contributed by atoms with Gasteiger partial charge in [0.1, 0.15) is 0 Å². The molecule has 1 unspecified atom stereocenters. The first-order chi connectivity index (χ1) is 9.20. The number of esters is 1. The third-order valence-corrected chi connectivity index (χ3v) is 3.59. The summed E-state index contributed by atoms with van der Waals surface area (Å²) in [5, 5.41) is 0. The molecule has 0 bridgehead atoms. The molecule has 0 saturated heterocycles. The number of unbranched alkanes of at least 4 members (excludes halogenated alkanes) is 9. The highest BCUT2D eigenvalue weighted by Gasteiger charge is 2.06. The van der Waals surface area contributed by atoms with Gasteiger partial charge in [0.05, 0.1) is 6.10 Å². The van der Waals surface area contributed by atoms with E-state index in [1.165, 1.54) is 64.2 Å². The number of hydrogen-bond acceptors (Lipinski definition) is 2.